The number of hydrogen-bond donors (Lipinski definition) is 1. The van der Waals surface area contributed by atoms with Gasteiger partial charge in [-0.1, -0.05) is 6.04 Å². The van der Waals surface area contributed by atoms with E-state index in [1.54, 1.807) is 0 Å². The number of likely N-dealkylation sites (N-methyl/N-ethyl adjacent to an activating group) is 1. The van der Waals surface area contributed by atoms with E-state index in [-0.39, 0.29) is 0 Å². The number of nitrogens with one attached hydrogen (secondary N) is 1. The van der Waals surface area contributed by atoms with Gasteiger partial charge >= 0.3 is 0 Å². The predicted octanol–water partition coefficient (Wildman–Crippen LogP) is 1.57. The van der Waals surface area contributed by atoms with E-state index in [4.69, 9.17) is 23.2 Å². The molecule has 3 heteroatoms. The Bertz CT molecular complexity index is 672. The van der Waals surface area contributed by atoms with Gasteiger partial charge in [0, 0.05) is 12.9 Å². The van der Waals surface area contributed by atoms with Crippen LogP contribution in [-0.2, 0) is 6.37 Å². The van der Waals surface area contributed by atoms with E-state index >= 15 is 0 Å². The summed E-state index contributed by atoms with van der Waals surface area (Å²) in [6, 6.07) is -3.31. The minimum atomic E-state index is -2.64. The molecule has 1 aliphatic heterocycles. The van der Waals surface area contributed by atoms with Gasteiger partial charge in [-0.3, -0.25) is 0 Å². The maximum absolute atomic E-state index is 8.13. The van der Waals surface area contributed by atoms with Crippen molar-refractivity contribution in [2.24, 2.45) is 0 Å². The van der Waals surface area contributed by atoms with Gasteiger partial charge in [-0.2, -0.15) is 0 Å². The second kappa shape index (κ2) is 3.88. The SMILES string of the molecule is [2H]c1c([2H])c(C([2H])([2H])C(C)NC([2H])([2H])[2H])c([2H])c2c1OC([2H])([2H])O2. The van der Waals surface area contributed by atoms with Crippen molar-refractivity contribution in [3.8, 4) is 11.5 Å². The molecular weight excluding hydrogens is 178 g/mol. The third-order valence-corrected chi connectivity index (χ3v) is 1.61. The van der Waals surface area contributed by atoms with Crippen LogP contribution in [-0.4, -0.2) is 19.8 Å². The zero-order chi connectivity index (χ0) is 18.7. The molecule has 0 saturated heterocycles. The summed E-state index contributed by atoms with van der Waals surface area (Å²) in [4.78, 5) is 0. The van der Waals surface area contributed by atoms with Gasteiger partial charge in [-0.15, -0.1) is 0 Å². The Morgan fingerprint density at radius 2 is 2.57 bits per heavy atom. The van der Waals surface area contributed by atoms with Crippen LogP contribution in [0.5, 0.6) is 11.5 Å². The lowest BCUT2D eigenvalue weighted by Crippen LogP contribution is -2.23. The first-order chi connectivity index (χ1) is 10.7. The molecule has 1 aliphatic rings. The van der Waals surface area contributed by atoms with Crippen molar-refractivity contribution in [2.45, 2.75) is 19.3 Å². The fourth-order valence-corrected chi connectivity index (χ4v) is 0.950. The zero-order valence-electron chi connectivity index (χ0n) is 17.4. The second-order valence-electron chi connectivity index (χ2n) is 2.71. The predicted molar refractivity (Wildman–Crippen MR) is 54.8 cm³/mol. The molecule has 14 heavy (non-hydrogen) atoms. The van der Waals surface area contributed by atoms with E-state index in [2.05, 4.69) is 5.32 Å². The lowest BCUT2D eigenvalue weighted by molar-refractivity contribution is 0.174. The summed E-state index contributed by atoms with van der Waals surface area (Å²) in [7, 11) is 0. The Morgan fingerprint density at radius 3 is 3.43 bits per heavy atom. The molecule has 1 aromatic rings. The third kappa shape index (κ3) is 1.82. The van der Waals surface area contributed by atoms with Gasteiger partial charge in [0.2, 0.25) is 6.75 Å². The molecule has 0 saturated carbocycles. The lowest BCUT2D eigenvalue weighted by Gasteiger charge is -2.09. The van der Waals surface area contributed by atoms with Gasteiger partial charge in [-0.25, -0.2) is 0 Å². The van der Waals surface area contributed by atoms with Crippen LogP contribution >= 0.6 is 0 Å². The molecule has 0 fully saturated rings. The number of hydrogen-bond acceptors (Lipinski definition) is 3. The molecule has 1 atom stereocenters. The molecule has 0 amide bonds. The summed E-state index contributed by atoms with van der Waals surface area (Å²) >= 11 is 0. The van der Waals surface area contributed by atoms with E-state index in [1.807, 2.05) is 0 Å². The van der Waals surface area contributed by atoms with Gasteiger partial charge < -0.3 is 14.8 Å². The summed E-state index contributed by atoms with van der Waals surface area (Å²) < 4.78 is 85.9. The molecular formula is C11H15NO2. The topological polar surface area (TPSA) is 30.5 Å². The lowest BCUT2D eigenvalue weighted by atomic mass is 10.1. The van der Waals surface area contributed by atoms with Crippen LogP contribution in [0.3, 0.4) is 0 Å². The van der Waals surface area contributed by atoms with Crippen molar-refractivity contribution in [3.63, 3.8) is 0 Å². The molecule has 1 unspecified atom stereocenters. The number of rotatable bonds is 3. The first kappa shape index (κ1) is 3.14. The Kier molecular flexibility index (Phi) is 0.869. The van der Waals surface area contributed by atoms with Crippen LogP contribution < -0.4 is 14.8 Å². The molecule has 1 N–H and O–H groups in total. The van der Waals surface area contributed by atoms with Crippen molar-refractivity contribution >= 4 is 0 Å². The highest BCUT2D eigenvalue weighted by Gasteiger charge is 2.13. The molecule has 0 aliphatic carbocycles. The highest BCUT2D eigenvalue weighted by Crippen LogP contribution is 2.32. The van der Waals surface area contributed by atoms with Crippen molar-refractivity contribution in [3.05, 3.63) is 23.7 Å². The van der Waals surface area contributed by atoms with Crippen LogP contribution in [0.15, 0.2) is 18.1 Å². The first-order valence-electron chi connectivity index (χ1n) is 8.97. The van der Waals surface area contributed by atoms with Crippen molar-refractivity contribution in [1.82, 2.24) is 5.32 Å². The van der Waals surface area contributed by atoms with Crippen molar-refractivity contribution in [2.75, 3.05) is 13.7 Å². The van der Waals surface area contributed by atoms with E-state index < -0.39 is 61.3 Å². The minimum Gasteiger partial charge on any atom is -0.454 e. The number of fused-ring (bicyclic) bond motifs is 1. The normalized spacial score (nSPS) is 31.5. The standard InChI is InChI=1S/C11H15NO2/c1-8(12-2)5-9-3-4-10-11(6-9)14-7-13-10/h3-4,6,8,12H,5,7H2,1-2H3/i2D3,3D,4D,5D2,6D,7D2. The van der Waals surface area contributed by atoms with Gasteiger partial charge in [-0.05, 0) is 37.9 Å². The molecule has 3 nitrogen and oxygen atoms in total. The zero-order valence-corrected chi connectivity index (χ0v) is 7.39. The molecule has 1 aromatic carbocycles. The monoisotopic (exact) mass is 203 g/mol. The van der Waals surface area contributed by atoms with E-state index in [1.165, 1.54) is 6.92 Å². The fraction of sp³-hybridized carbons (Fsp3) is 0.455. The van der Waals surface area contributed by atoms with Crippen LogP contribution in [0.1, 0.15) is 26.2 Å². The van der Waals surface area contributed by atoms with Gasteiger partial charge in [0.15, 0.2) is 11.5 Å². The van der Waals surface area contributed by atoms with E-state index in [0.717, 1.165) is 0 Å². The number of ether oxygens (including phenoxy) is 2. The molecule has 2 rings (SSSR count). The summed E-state index contributed by atoms with van der Waals surface area (Å²) in [5.41, 5.74) is -0.572. The Balaban J connectivity index is 2.58. The van der Waals surface area contributed by atoms with Gasteiger partial charge in [0.1, 0.15) is 2.74 Å². The maximum Gasteiger partial charge on any atom is 0.231 e. The smallest absolute Gasteiger partial charge is 0.231 e. The third-order valence-electron chi connectivity index (χ3n) is 1.61. The van der Waals surface area contributed by atoms with Crippen LogP contribution in [0.25, 0.3) is 0 Å². The van der Waals surface area contributed by atoms with Crippen molar-refractivity contribution < 1.29 is 23.2 Å². The Morgan fingerprint density at radius 1 is 1.71 bits per heavy atom. The highest BCUT2D eigenvalue weighted by atomic mass is 16.7. The summed E-state index contributed by atoms with van der Waals surface area (Å²) in [5, 5.41) is 2.07. The van der Waals surface area contributed by atoms with Crippen molar-refractivity contribution in [1.29, 1.82) is 0 Å². The van der Waals surface area contributed by atoms with E-state index in [0.29, 0.717) is 0 Å². The average molecular weight is 203 g/mol. The van der Waals surface area contributed by atoms with E-state index in [9.17, 15) is 0 Å². The van der Waals surface area contributed by atoms with Gasteiger partial charge in [0.05, 0.1) is 4.11 Å². The summed E-state index contributed by atoms with van der Waals surface area (Å²) in [6.07, 6.45) is -2.51. The molecule has 1 heterocycles. The molecule has 0 bridgehead atoms. The average Bonchev–Trinajstić information content (AvgIpc) is 2.70. The molecule has 0 spiro atoms. The Hall–Kier alpha value is -1.22. The maximum atomic E-state index is 8.13. The van der Waals surface area contributed by atoms with Crippen LogP contribution in [0, 0.1) is 0 Å². The number of benzene rings is 1. The summed E-state index contributed by atoms with van der Waals surface area (Å²) in [5.74, 6) is -0.938. The first-order valence-corrected chi connectivity index (χ1v) is 3.97. The summed E-state index contributed by atoms with van der Waals surface area (Å²) in [6.45, 7) is -4.04. The minimum absolute atomic E-state index is 0.453. The molecule has 76 valence electrons. The van der Waals surface area contributed by atoms with Crippen LogP contribution in [0.4, 0.5) is 0 Å². The Labute approximate surface area is 98.1 Å². The van der Waals surface area contributed by atoms with Crippen LogP contribution in [0.2, 0.25) is 0 Å². The van der Waals surface area contributed by atoms with Gasteiger partial charge in [0.25, 0.3) is 0 Å². The molecule has 0 aromatic heterocycles. The molecule has 0 radical (unpaired) electrons. The quantitative estimate of drug-likeness (QED) is 0.809. The highest BCUT2D eigenvalue weighted by molar-refractivity contribution is 5.44. The fourth-order valence-electron chi connectivity index (χ4n) is 0.950. The second-order valence-corrected chi connectivity index (χ2v) is 2.71. The largest absolute Gasteiger partial charge is 0.454 e.